The number of carbonyl (C=O) groups is 2. The Kier molecular flexibility index (Phi) is 14.0. The second-order valence-corrected chi connectivity index (χ2v) is 14.1. The Balaban J connectivity index is 1.09. The predicted molar refractivity (Wildman–Crippen MR) is 207 cm³/mol. The molecule has 4 aromatic carbocycles. The maximum absolute atomic E-state index is 12.5. The third-order valence-corrected chi connectivity index (χ3v) is 10.2. The molecule has 3 atom stereocenters. The molecule has 55 heavy (non-hydrogen) atoms. The van der Waals surface area contributed by atoms with Gasteiger partial charge in [-0.05, 0) is 64.9 Å². The lowest BCUT2D eigenvalue weighted by Crippen LogP contribution is -2.49. The lowest BCUT2D eigenvalue weighted by atomic mass is 9.98. The van der Waals surface area contributed by atoms with Crippen LogP contribution in [0.5, 0.6) is 0 Å². The second-order valence-electron chi connectivity index (χ2n) is 14.1. The SMILES string of the molecule is O=C(CCCCCC(=O)NCc1cccc(-c2cccc([C@@H]3O[C@H](CN4CCN(c5ccc([N+](=O)[O-])cc5)CC4)C[C@H](c4ccc(CO)cc4)O3)c2)c1)NO. The number of hydrogen-bond donors (Lipinski definition) is 4. The first-order chi connectivity index (χ1) is 26.8. The smallest absolute Gasteiger partial charge is 0.269 e. The third kappa shape index (κ3) is 11.2. The van der Waals surface area contributed by atoms with Crippen molar-refractivity contribution in [3.8, 4) is 11.1 Å². The zero-order chi connectivity index (χ0) is 38.6. The van der Waals surface area contributed by atoms with Gasteiger partial charge in [0.1, 0.15) is 0 Å². The summed E-state index contributed by atoms with van der Waals surface area (Å²) in [5.74, 6) is -0.468. The number of anilines is 1. The molecule has 0 saturated carbocycles. The van der Waals surface area contributed by atoms with Crippen LogP contribution in [-0.2, 0) is 32.2 Å². The second kappa shape index (κ2) is 19.4. The molecule has 290 valence electrons. The van der Waals surface area contributed by atoms with Gasteiger partial charge in [-0.2, -0.15) is 0 Å². The Morgan fingerprint density at radius 3 is 2.16 bits per heavy atom. The molecule has 0 spiro atoms. The van der Waals surface area contributed by atoms with Gasteiger partial charge in [-0.15, -0.1) is 0 Å². The minimum Gasteiger partial charge on any atom is -0.392 e. The van der Waals surface area contributed by atoms with Crippen LogP contribution in [0.2, 0.25) is 0 Å². The molecule has 0 unspecified atom stereocenters. The first-order valence-corrected chi connectivity index (χ1v) is 18.9. The Morgan fingerprint density at radius 1 is 0.782 bits per heavy atom. The largest absolute Gasteiger partial charge is 0.392 e. The van der Waals surface area contributed by atoms with Crippen molar-refractivity contribution >= 4 is 23.2 Å². The first-order valence-electron chi connectivity index (χ1n) is 18.9. The highest BCUT2D eigenvalue weighted by atomic mass is 16.7. The average Bonchev–Trinajstić information content (AvgIpc) is 3.23. The minimum atomic E-state index is -0.608. The summed E-state index contributed by atoms with van der Waals surface area (Å²) in [6, 6.07) is 30.8. The van der Waals surface area contributed by atoms with Crippen LogP contribution in [0.4, 0.5) is 11.4 Å². The number of amides is 2. The molecular formula is C42H49N5O8. The number of hydrogen-bond acceptors (Lipinski definition) is 10. The van der Waals surface area contributed by atoms with Crippen molar-refractivity contribution in [1.82, 2.24) is 15.7 Å². The number of nitro groups is 1. The third-order valence-electron chi connectivity index (χ3n) is 10.2. The number of nitrogens with zero attached hydrogens (tertiary/aromatic N) is 3. The van der Waals surface area contributed by atoms with Crippen LogP contribution in [0.1, 0.15) is 73.2 Å². The molecule has 0 radical (unpaired) electrons. The summed E-state index contributed by atoms with van der Waals surface area (Å²) in [6.07, 6.45) is 2.35. The number of nitrogens with one attached hydrogen (secondary N) is 2. The van der Waals surface area contributed by atoms with Crippen molar-refractivity contribution in [3.63, 3.8) is 0 Å². The van der Waals surface area contributed by atoms with Crippen LogP contribution in [-0.4, -0.2) is 70.8 Å². The number of carbonyl (C=O) groups excluding carboxylic acids is 2. The zero-order valence-corrected chi connectivity index (χ0v) is 30.8. The normalized spacial score (nSPS) is 18.8. The molecule has 13 heteroatoms. The number of aliphatic hydroxyl groups excluding tert-OH is 1. The van der Waals surface area contributed by atoms with Crippen molar-refractivity contribution in [2.75, 3.05) is 37.6 Å². The number of nitro benzene ring substituents is 1. The molecule has 2 heterocycles. The fraction of sp³-hybridized carbons (Fsp3) is 0.381. The average molecular weight is 752 g/mol. The van der Waals surface area contributed by atoms with Crippen molar-refractivity contribution in [3.05, 3.63) is 129 Å². The van der Waals surface area contributed by atoms with Crippen LogP contribution >= 0.6 is 0 Å². The molecule has 0 bridgehead atoms. The summed E-state index contributed by atoms with van der Waals surface area (Å²) in [5, 5.41) is 32.3. The van der Waals surface area contributed by atoms with Gasteiger partial charge in [-0.3, -0.25) is 29.8 Å². The van der Waals surface area contributed by atoms with Gasteiger partial charge in [0.05, 0.1) is 23.7 Å². The van der Waals surface area contributed by atoms with Crippen LogP contribution in [0.25, 0.3) is 11.1 Å². The standard InChI is InChI=1S/C42H49N5O8/c48-29-30-12-14-32(15-13-30)39-26-38(28-45-20-22-46(23-21-45)36-16-18-37(19-17-36)47(52)53)54-42(55-39)35-9-5-8-34(25-35)33-7-4-6-31(24-33)27-43-40(49)10-2-1-3-11-41(50)44-51/h4-9,12-19,24-25,38-39,42,48,51H,1-3,10-11,20-23,26-29H2,(H,43,49)(H,44,50)/t38-,39+,42+/m0/s1. The van der Waals surface area contributed by atoms with Gasteiger partial charge in [0.25, 0.3) is 5.69 Å². The van der Waals surface area contributed by atoms with E-state index in [0.717, 1.165) is 78.2 Å². The molecule has 4 N–H and O–H groups in total. The van der Waals surface area contributed by atoms with Crippen LogP contribution < -0.4 is 15.7 Å². The van der Waals surface area contributed by atoms with E-state index in [2.05, 4.69) is 27.2 Å². The van der Waals surface area contributed by atoms with Gasteiger partial charge in [0.15, 0.2) is 6.29 Å². The highest BCUT2D eigenvalue weighted by Crippen LogP contribution is 2.39. The quantitative estimate of drug-likeness (QED) is 0.0449. The first kappa shape index (κ1) is 39.5. The van der Waals surface area contributed by atoms with Crippen molar-refractivity contribution in [1.29, 1.82) is 0 Å². The molecule has 0 aliphatic carbocycles. The van der Waals surface area contributed by atoms with Gasteiger partial charge >= 0.3 is 0 Å². The molecule has 6 rings (SSSR count). The van der Waals surface area contributed by atoms with E-state index in [0.29, 0.717) is 32.2 Å². The maximum atomic E-state index is 12.5. The summed E-state index contributed by atoms with van der Waals surface area (Å²) >= 11 is 0. The Morgan fingerprint density at radius 2 is 1.47 bits per heavy atom. The number of aliphatic hydroxyl groups is 1. The number of hydroxylamine groups is 1. The van der Waals surface area contributed by atoms with E-state index in [9.17, 15) is 24.8 Å². The summed E-state index contributed by atoms with van der Waals surface area (Å²) in [5.41, 5.74) is 8.43. The van der Waals surface area contributed by atoms with E-state index < -0.39 is 12.2 Å². The molecule has 2 aliphatic heterocycles. The number of benzene rings is 4. The van der Waals surface area contributed by atoms with E-state index in [1.165, 1.54) is 0 Å². The number of piperazine rings is 1. The maximum Gasteiger partial charge on any atom is 0.269 e. The molecule has 13 nitrogen and oxygen atoms in total. The van der Waals surface area contributed by atoms with Crippen LogP contribution in [0.15, 0.2) is 97.1 Å². The number of non-ortho nitro benzene ring substituents is 1. The molecule has 2 amide bonds. The lowest BCUT2D eigenvalue weighted by molar-refractivity contribution is -0.384. The Bertz CT molecular complexity index is 1880. The van der Waals surface area contributed by atoms with E-state index in [4.69, 9.17) is 14.7 Å². The fourth-order valence-electron chi connectivity index (χ4n) is 7.11. The van der Waals surface area contributed by atoms with E-state index in [-0.39, 0.29) is 41.8 Å². The van der Waals surface area contributed by atoms with Gasteiger partial charge in [0.2, 0.25) is 11.8 Å². The Labute approximate surface area is 321 Å². The monoisotopic (exact) mass is 751 g/mol. The van der Waals surface area contributed by atoms with E-state index >= 15 is 0 Å². The van der Waals surface area contributed by atoms with Crippen LogP contribution in [0, 0.1) is 10.1 Å². The molecule has 2 fully saturated rings. The summed E-state index contributed by atoms with van der Waals surface area (Å²) in [4.78, 5) is 39.0. The zero-order valence-electron chi connectivity index (χ0n) is 30.8. The predicted octanol–water partition coefficient (Wildman–Crippen LogP) is 6.19. The topological polar surface area (TPSA) is 167 Å². The number of ether oxygens (including phenoxy) is 2. The van der Waals surface area contributed by atoms with Crippen molar-refractivity contribution < 1.29 is 34.3 Å². The van der Waals surface area contributed by atoms with Gasteiger partial charge in [0, 0.05) is 81.9 Å². The lowest BCUT2D eigenvalue weighted by Gasteiger charge is -2.41. The highest BCUT2D eigenvalue weighted by Gasteiger charge is 2.34. The molecule has 4 aromatic rings. The molecule has 2 saturated heterocycles. The highest BCUT2D eigenvalue weighted by molar-refractivity contribution is 5.76. The number of rotatable bonds is 16. The van der Waals surface area contributed by atoms with E-state index in [1.807, 2.05) is 72.8 Å². The summed E-state index contributed by atoms with van der Waals surface area (Å²) < 4.78 is 13.4. The summed E-state index contributed by atoms with van der Waals surface area (Å²) in [7, 11) is 0. The fourth-order valence-corrected chi connectivity index (χ4v) is 7.11. The molecular weight excluding hydrogens is 702 g/mol. The minimum absolute atomic E-state index is 0.0264. The molecule has 2 aliphatic rings. The van der Waals surface area contributed by atoms with Gasteiger partial charge in [-0.25, -0.2) is 5.48 Å². The van der Waals surface area contributed by atoms with Crippen molar-refractivity contribution in [2.45, 2.75) is 70.2 Å². The van der Waals surface area contributed by atoms with E-state index in [1.54, 1.807) is 17.6 Å². The summed E-state index contributed by atoms with van der Waals surface area (Å²) in [6.45, 7) is 4.36. The number of unbranched alkanes of at least 4 members (excludes halogenated alkanes) is 2. The Hall–Kier alpha value is -5.18. The van der Waals surface area contributed by atoms with Crippen molar-refractivity contribution in [2.24, 2.45) is 0 Å². The van der Waals surface area contributed by atoms with Gasteiger partial charge < -0.3 is 24.8 Å². The molecule has 0 aromatic heterocycles. The van der Waals surface area contributed by atoms with Gasteiger partial charge in [-0.1, -0.05) is 67.1 Å². The van der Waals surface area contributed by atoms with Crippen LogP contribution in [0.3, 0.4) is 0 Å².